The molecule has 1 aromatic carbocycles. The molecular weight excluding hydrogens is 456 g/mol. The summed E-state index contributed by atoms with van der Waals surface area (Å²) < 4.78 is 8.11. The molecule has 1 unspecified atom stereocenters. The number of carboxylic acids is 1. The summed E-state index contributed by atoms with van der Waals surface area (Å²) in [7, 11) is 0. The van der Waals surface area contributed by atoms with Gasteiger partial charge in [0.25, 0.3) is 0 Å². The molecule has 3 aromatic rings. The number of pyridine rings is 1. The van der Waals surface area contributed by atoms with Crippen LogP contribution in [0.25, 0.3) is 16.9 Å². The van der Waals surface area contributed by atoms with Crippen molar-refractivity contribution in [3.05, 3.63) is 84.2 Å². The van der Waals surface area contributed by atoms with Gasteiger partial charge in [-0.3, -0.25) is 9.80 Å². The molecule has 0 bridgehead atoms. The Bertz CT molecular complexity index is 1370. The molecule has 8 nitrogen and oxygen atoms in total. The van der Waals surface area contributed by atoms with Crippen LogP contribution in [0.2, 0.25) is 0 Å². The maximum absolute atomic E-state index is 12.8. The third-order valence-corrected chi connectivity index (χ3v) is 7.54. The summed E-state index contributed by atoms with van der Waals surface area (Å²) in [6, 6.07) is 16.2. The predicted octanol–water partition coefficient (Wildman–Crippen LogP) is 4.13. The van der Waals surface area contributed by atoms with Crippen LogP contribution in [0.3, 0.4) is 0 Å². The molecule has 6 rings (SSSR count). The summed E-state index contributed by atoms with van der Waals surface area (Å²) in [6.45, 7) is 2.94. The van der Waals surface area contributed by atoms with E-state index in [2.05, 4.69) is 27.6 Å². The van der Waals surface area contributed by atoms with Gasteiger partial charge in [0.15, 0.2) is 0 Å². The number of carbonyl (C=O) groups is 2. The molecule has 4 heterocycles. The number of carbonyl (C=O) groups excluding carboxylic acids is 1. The van der Waals surface area contributed by atoms with Gasteiger partial charge in [-0.2, -0.15) is 0 Å². The van der Waals surface area contributed by atoms with Crippen LogP contribution in [0.1, 0.15) is 25.0 Å². The zero-order valence-electron chi connectivity index (χ0n) is 19.9. The molecule has 1 N–H and O–H groups in total. The molecule has 0 saturated carbocycles. The average molecular weight is 485 g/mol. The first-order valence-corrected chi connectivity index (χ1v) is 12.4. The minimum atomic E-state index is -0.945. The van der Waals surface area contributed by atoms with E-state index in [1.54, 1.807) is 23.1 Å². The number of fused-ring (bicyclic) bond motifs is 1. The zero-order chi connectivity index (χ0) is 24.7. The van der Waals surface area contributed by atoms with E-state index in [1.165, 1.54) is 0 Å². The Labute approximate surface area is 209 Å². The lowest BCUT2D eigenvalue weighted by Crippen LogP contribution is -2.47. The Morgan fingerprint density at radius 3 is 2.61 bits per heavy atom. The van der Waals surface area contributed by atoms with Crippen LogP contribution in [0.4, 0.5) is 4.79 Å². The monoisotopic (exact) mass is 484 g/mol. The topological polar surface area (TPSA) is 87.4 Å². The summed E-state index contributed by atoms with van der Waals surface area (Å²) in [6.07, 6.45) is 8.83. The van der Waals surface area contributed by atoms with Gasteiger partial charge in [-0.05, 0) is 24.6 Å². The first-order valence-electron chi connectivity index (χ1n) is 12.4. The minimum Gasteiger partial charge on any atom is -0.478 e. The smallest absolute Gasteiger partial charge is 0.411 e. The van der Waals surface area contributed by atoms with Crippen molar-refractivity contribution in [1.82, 2.24) is 19.2 Å². The number of hydrogen-bond donors (Lipinski definition) is 1. The van der Waals surface area contributed by atoms with Crippen LogP contribution in [0.5, 0.6) is 0 Å². The summed E-state index contributed by atoms with van der Waals surface area (Å²) in [5, 5.41) is 9.16. The number of aromatic nitrogens is 2. The van der Waals surface area contributed by atoms with Crippen molar-refractivity contribution in [3.8, 4) is 11.3 Å². The third kappa shape index (κ3) is 4.07. The first kappa shape index (κ1) is 22.5. The first-order chi connectivity index (χ1) is 17.5. The van der Waals surface area contributed by atoms with Gasteiger partial charge in [-0.25, -0.2) is 14.6 Å². The Morgan fingerprint density at radius 2 is 1.89 bits per heavy atom. The van der Waals surface area contributed by atoms with Crippen LogP contribution >= 0.6 is 0 Å². The van der Waals surface area contributed by atoms with E-state index in [4.69, 9.17) is 14.8 Å². The van der Waals surface area contributed by atoms with E-state index < -0.39 is 11.6 Å². The van der Waals surface area contributed by atoms with E-state index >= 15 is 0 Å². The largest absolute Gasteiger partial charge is 0.478 e. The molecule has 2 fully saturated rings. The molecule has 2 aromatic heterocycles. The highest BCUT2D eigenvalue weighted by molar-refractivity contribution is 5.90. The SMILES string of the molecule is O=C(O)C1=CCC(N2CC3(CCN(Cc4c(-c5ccccc5)nc5ccccn45)CC3)OC2=O)C=C1. The van der Waals surface area contributed by atoms with Gasteiger partial charge in [-0.15, -0.1) is 0 Å². The van der Waals surface area contributed by atoms with Gasteiger partial charge < -0.3 is 14.2 Å². The van der Waals surface area contributed by atoms with Crippen molar-refractivity contribution in [3.63, 3.8) is 0 Å². The summed E-state index contributed by atoms with van der Waals surface area (Å²) in [5.41, 5.74) is 3.97. The van der Waals surface area contributed by atoms with Gasteiger partial charge in [0, 0.05) is 44.2 Å². The van der Waals surface area contributed by atoms with Gasteiger partial charge in [0.05, 0.1) is 29.5 Å². The number of likely N-dealkylation sites (tertiary alicyclic amines) is 1. The molecule has 2 saturated heterocycles. The van der Waals surface area contributed by atoms with Crippen molar-refractivity contribution in [2.45, 2.75) is 37.5 Å². The second kappa shape index (κ2) is 8.95. The highest BCUT2D eigenvalue weighted by Crippen LogP contribution is 2.36. The Kier molecular flexibility index (Phi) is 5.60. The Balaban J connectivity index is 1.15. The number of nitrogens with zero attached hydrogens (tertiary/aromatic N) is 4. The van der Waals surface area contributed by atoms with Crippen LogP contribution in [0, 0.1) is 0 Å². The fourth-order valence-corrected chi connectivity index (χ4v) is 5.52. The normalized spacial score (nSPS) is 21.7. The fraction of sp³-hybridized carbons (Fsp3) is 0.321. The van der Waals surface area contributed by atoms with Gasteiger partial charge in [0.2, 0.25) is 0 Å². The number of amides is 1. The minimum absolute atomic E-state index is 0.162. The summed E-state index contributed by atoms with van der Waals surface area (Å²) in [4.78, 5) is 33.0. The quantitative estimate of drug-likeness (QED) is 0.586. The highest BCUT2D eigenvalue weighted by atomic mass is 16.6. The third-order valence-electron chi connectivity index (χ3n) is 7.54. The second-order valence-corrected chi connectivity index (χ2v) is 9.78. The van der Waals surface area contributed by atoms with E-state index in [9.17, 15) is 9.59 Å². The van der Waals surface area contributed by atoms with E-state index in [0.29, 0.717) is 13.0 Å². The van der Waals surface area contributed by atoms with Crippen molar-refractivity contribution in [1.29, 1.82) is 0 Å². The molecule has 1 atom stereocenters. The van der Waals surface area contributed by atoms with Crippen LogP contribution in [-0.2, 0) is 16.1 Å². The van der Waals surface area contributed by atoms with Crippen LogP contribution in [-0.4, -0.2) is 67.6 Å². The maximum atomic E-state index is 12.8. The number of aliphatic carboxylic acids is 1. The van der Waals surface area contributed by atoms with E-state index in [1.807, 2.05) is 36.4 Å². The highest BCUT2D eigenvalue weighted by Gasteiger charge is 2.48. The number of ether oxygens (including phenoxy) is 1. The van der Waals surface area contributed by atoms with Crippen molar-refractivity contribution in [2.24, 2.45) is 0 Å². The molecule has 3 aliphatic rings. The molecule has 2 aliphatic heterocycles. The number of carboxylic acid groups (broad SMARTS) is 1. The second-order valence-electron chi connectivity index (χ2n) is 9.78. The van der Waals surface area contributed by atoms with Crippen molar-refractivity contribution in [2.75, 3.05) is 19.6 Å². The Hall–Kier alpha value is -3.91. The van der Waals surface area contributed by atoms with Crippen LogP contribution < -0.4 is 0 Å². The molecular formula is C28H28N4O4. The predicted molar refractivity (Wildman–Crippen MR) is 134 cm³/mol. The number of imidazole rings is 1. The number of hydrogen-bond acceptors (Lipinski definition) is 5. The Morgan fingerprint density at radius 1 is 1.11 bits per heavy atom. The molecule has 184 valence electrons. The van der Waals surface area contributed by atoms with Crippen LogP contribution in [0.15, 0.2) is 78.5 Å². The molecule has 36 heavy (non-hydrogen) atoms. The molecule has 1 aliphatic carbocycles. The van der Waals surface area contributed by atoms with Gasteiger partial charge >= 0.3 is 12.1 Å². The fourth-order valence-electron chi connectivity index (χ4n) is 5.52. The van der Waals surface area contributed by atoms with E-state index in [0.717, 1.165) is 55.1 Å². The average Bonchev–Trinajstić information content (AvgIpc) is 3.43. The number of benzene rings is 1. The molecule has 1 spiro atoms. The van der Waals surface area contributed by atoms with Crippen molar-refractivity contribution < 1.29 is 19.4 Å². The standard InChI is InChI=1S/C28H28N4O4/c33-26(34)21-9-11-22(12-10-21)32-19-28(36-27(32)35)13-16-30(17-14-28)18-23-25(20-6-2-1-3-7-20)29-24-8-4-5-15-31(23)24/h1-11,15,22H,12-14,16-19H2,(H,33,34). The van der Waals surface area contributed by atoms with E-state index in [-0.39, 0.29) is 17.7 Å². The van der Waals surface area contributed by atoms with Gasteiger partial charge in [0.1, 0.15) is 11.2 Å². The van der Waals surface area contributed by atoms with Crippen molar-refractivity contribution >= 4 is 17.7 Å². The molecule has 0 radical (unpaired) electrons. The molecule has 8 heteroatoms. The number of piperidine rings is 1. The summed E-state index contributed by atoms with van der Waals surface area (Å²) >= 11 is 0. The lowest BCUT2D eigenvalue weighted by Gasteiger charge is -2.37. The molecule has 1 amide bonds. The maximum Gasteiger partial charge on any atom is 0.411 e. The zero-order valence-corrected chi connectivity index (χ0v) is 19.9. The summed E-state index contributed by atoms with van der Waals surface area (Å²) in [5.74, 6) is -0.945. The lowest BCUT2D eigenvalue weighted by atomic mass is 9.90. The number of rotatable bonds is 5. The van der Waals surface area contributed by atoms with Gasteiger partial charge in [-0.1, -0.05) is 48.6 Å². The lowest BCUT2D eigenvalue weighted by molar-refractivity contribution is -0.132.